The van der Waals surface area contributed by atoms with Crippen LogP contribution >= 0.6 is 0 Å². The molecule has 2 aliphatic rings. The monoisotopic (exact) mass is 726 g/mol. The van der Waals surface area contributed by atoms with Crippen LogP contribution in [0.25, 0.3) is 82.4 Å². The zero-order chi connectivity index (χ0) is 38.0. The lowest BCUT2D eigenvalue weighted by atomic mass is 9.43. The second-order valence-electron chi connectivity index (χ2n) is 16.9. The lowest BCUT2D eigenvalue weighted by Gasteiger charge is -2.43. The van der Waals surface area contributed by atoms with Gasteiger partial charge < -0.3 is 9.38 Å². The second kappa shape index (κ2) is 11.8. The molecule has 0 unspecified atom stereocenters. The smallest absolute Gasteiger partial charge is 0.333 e. The van der Waals surface area contributed by atoms with Crippen LogP contribution in [-0.4, -0.2) is 11.4 Å². The van der Waals surface area contributed by atoms with Gasteiger partial charge in [-0.25, -0.2) is 0 Å². The van der Waals surface area contributed by atoms with Crippen molar-refractivity contribution in [3.05, 3.63) is 188 Å². The standard InChI is InChI=1S/C54H39BN2/c1-54(2,3)40-24-26-41(27-25-40)57-51-42-20-12-10-18-36(42)22-28-44(51)46-31-38-19-11-13-21-43(38)53-50(46)55(57)48-33-39(35-16-8-5-9-17-35)32-47-45-30-37(34-14-6-4-7-15-34)23-29-49(45)56(53)52(47)48/h4-33H,1-3H3. The van der Waals surface area contributed by atoms with Crippen LogP contribution in [0.2, 0.25) is 0 Å². The van der Waals surface area contributed by atoms with Crippen LogP contribution in [0.3, 0.4) is 0 Å². The van der Waals surface area contributed by atoms with E-state index in [0.717, 1.165) is 0 Å². The van der Waals surface area contributed by atoms with Crippen molar-refractivity contribution in [2.45, 2.75) is 26.2 Å². The van der Waals surface area contributed by atoms with E-state index in [1.165, 1.54) is 110 Å². The maximum absolute atomic E-state index is 2.69. The number of benzene rings is 9. The molecule has 9 aromatic carbocycles. The number of rotatable bonds is 3. The zero-order valence-corrected chi connectivity index (χ0v) is 32.3. The van der Waals surface area contributed by atoms with Crippen molar-refractivity contribution in [1.82, 2.24) is 4.57 Å². The first-order chi connectivity index (χ1) is 27.9. The first kappa shape index (κ1) is 32.4. The van der Waals surface area contributed by atoms with E-state index < -0.39 is 0 Å². The number of hydrogen-bond acceptors (Lipinski definition) is 1. The molecule has 2 nitrogen and oxygen atoms in total. The minimum atomic E-state index is -0.0880. The fourth-order valence-electron chi connectivity index (χ4n) is 10.00. The summed E-state index contributed by atoms with van der Waals surface area (Å²) in [5.41, 5.74) is 17.8. The SMILES string of the molecule is CC(C)(C)c1ccc(N2B3c4c(cc5ccccc5c4-n4c5ccc(-c6ccccc6)cc5c5cc(-c6ccccc6)cc3c54)-c3ccc4ccccc4c32)cc1. The van der Waals surface area contributed by atoms with Gasteiger partial charge in [0.25, 0.3) is 0 Å². The second-order valence-corrected chi connectivity index (χ2v) is 16.9. The number of hydrogen-bond donors (Lipinski definition) is 0. The van der Waals surface area contributed by atoms with E-state index in [9.17, 15) is 0 Å². The van der Waals surface area contributed by atoms with E-state index in [0.29, 0.717) is 0 Å². The van der Waals surface area contributed by atoms with Gasteiger partial charge in [0.2, 0.25) is 0 Å². The molecule has 10 aromatic rings. The van der Waals surface area contributed by atoms with Gasteiger partial charge in [-0.3, -0.25) is 0 Å². The normalized spacial score (nSPS) is 13.1. The highest BCUT2D eigenvalue weighted by Gasteiger charge is 2.45. The predicted octanol–water partition coefficient (Wildman–Crippen LogP) is 13.0. The average molecular weight is 727 g/mol. The molecule has 0 saturated heterocycles. The molecule has 1 aromatic heterocycles. The van der Waals surface area contributed by atoms with Gasteiger partial charge in [-0.2, -0.15) is 0 Å². The maximum Gasteiger partial charge on any atom is 0.333 e. The topological polar surface area (TPSA) is 8.17 Å². The van der Waals surface area contributed by atoms with Crippen molar-refractivity contribution in [3.63, 3.8) is 0 Å². The highest BCUT2D eigenvalue weighted by molar-refractivity contribution is 6.94. The van der Waals surface area contributed by atoms with Crippen molar-refractivity contribution in [1.29, 1.82) is 0 Å². The van der Waals surface area contributed by atoms with Crippen LogP contribution in [0.15, 0.2) is 182 Å². The zero-order valence-electron chi connectivity index (χ0n) is 32.3. The van der Waals surface area contributed by atoms with Crippen molar-refractivity contribution in [3.8, 4) is 39.1 Å². The third-order valence-corrected chi connectivity index (χ3v) is 12.7. The van der Waals surface area contributed by atoms with Gasteiger partial charge in [0.1, 0.15) is 0 Å². The first-order valence-electron chi connectivity index (χ1n) is 20.1. The Balaban J connectivity index is 1.28. The summed E-state index contributed by atoms with van der Waals surface area (Å²) in [5.74, 6) is 0. The summed E-state index contributed by atoms with van der Waals surface area (Å²) in [4.78, 5) is 2.69. The van der Waals surface area contributed by atoms with Gasteiger partial charge in [-0.15, -0.1) is 0 Å². The molecular weight excluding hydrogens is 687 g/mol. The van der Waals surface area contributed by atoms with Gasteiger partial charge in [0.15, 0.2) is 0 Å². The molecule has 0 aliphatic carbocycles. The van der Waals surface area contributed by atoms with Gasteiger partial charge in [-0.1, -0.05) is 166 Å². The molecule has 0 atom stereocenters. The fourth-order valence-corrected chi connectivity index (χ4v) is 10.00. The molecule has 0 saturated carbocycles. The molecule has 3 heteroatoms. The Morgan fingerprint density at radius 1 is 0.439 bits per heavy atom. The van der Waals surface area contributed by atoms with E-state index in [-0.39, 0.29) is 12.3 Å². The Labute approximate surface area is 333 Å². The summed E-state index contributed by atoms with van der Waals surface area (Å²) in [6.07, 6.45) is 0. The Bertz CT molecular complexity index is 3260. The van der Waals surface area contributed by atoms with Crippen LogP contribution < -0.4 is 15.7 Å². The third-order valence-electron chi connectivity index (χ3n) is 12.7. The highest BCUT2D eigenvalue weighted by Crippen LogP contribution is 2.49. The summed E-state index contributed by atoms with van der Waals surface area (Å²) in [7, 11) is 0. The first-order valence-corrected chi connectivity index (χ1v) is 20.1. The Morgan fingerprint density at radius 2 is 1.07 bits per heavy atom. The van der Waals surface area contributed by atoms with E-state index in [1.807, 2.05) is 0 Å². The minimum Gasteiger partial charge on any atom is -0.376 e. The van der Waals surface area contributed by atoms with E-state index in [4.69, 9.17) is 0 Å². The molecule has 0 bridgehead atoms. The Hall–Kier alpha value is -6.84. The third kappa shape index (κ3) is 4.66. The Morgan fingerprint density at radius 3 is 1.79 bits per heavy atom. The van der Waals surface area contributed by atoms with Crippen molar-refractivity contribution in [2.24, 2.45) is 0 Å². The summed E-state index contributed by atoms with van der Waals surface area (Å²) in [6, 6.07) is 68.4. The summed E-state index contributed by atoms with van der Waals surface area (Å²) in [6.45, 7) is 6.81. The predicted molar refractivity (Wildman–Crippen MR) is 244 cm³/mol. The fraction of sp³-hybridized carbons (Fsp3) is 0.0741. The largest absolute Gasteiger partial charge is 0.376 e. The van der Waals surface area contributed by atoms with E-state index in [2.05, 4.69) is 212 Å². The van der Waals surface area contributed by atoms with Gasteiger partial charge >= 0.3 is 6.85 Å². The molecular formula is C54H39BN2. The molecule has 0 spiro atoms. The van der Waals surface area contributed by atoms with Crippen LogP contribution in [0.4, 0.5) is 11.4 Å². The molecule has 2 aliphatic heterocycles. The molecule has 57 heavy (non-hydrogen) atoms. The van der Waals surface area contributed by atoms with Crippen LogP contribution in [-0.2, 0) is 5.41 Å². The molecule has 0 fully saturated rings. The number of nitrogens with zero attached hydrogens (tertiary/aromatic N) is 2. The Kier molecular flexibility index (Phi) is 6.73. The molecule has 0 radical (unpaired) electrons. The van der Waals surface area contributed by atoms with Gasteiger partial charge in [-0.05, 0) is 96.9 Å². The molecule has 0 N–H and O–H groups in total. The van der Waals surface area contributed by atoms with E-state index >= 15 is 0 Å². The van der Waals surface area contributed by atoms with Crippen molar-refractivity contribution < 1.29 is 0 Å². The minimum absolute atomic E-state index is 0.0459. The molecule has 0 amide bonds. The summed E-state index contributed by atoms with van der Waals surface area (Å²) >= 11 is 0. The van der Waals surface area contributed by atoms with Crippen LogP contribution in [0.5, 0.6) is 0 Å². The average Bonchev–Trinajstić information content (AvgIpc) is 3.58. The highest BCUT2D eigenvalue weighted by atomic mass is 15.1. The molecule has 3 heterocycles. The molecule has 268 valence electrons. The number of anilines is 2. The lowest BCUT2D eigenvalue weighted by Crippen LogP contribution is -2.60. The number of fused-ring (bicyclic) bond motifs is 11. The van der Waals surface area contributed by atoms with Crippen molar-refractivity contribution >= 4 is 72.5 Å². The van der Waals surface area contributed by atoms with Gasteiger partial charge in [0.05, 0.1) is 16.7 Å². The molecule has 12 rings (SSSR count). The lowest BCUT2D eigenvalue weighted by molar-refractivity contribution is 0.590. The van der Waals surface area contributed by atoms with Gasteiger partial charge in [0, 0.05) is 38.5 Å². The number of aromatic nitrogens is 1. The maximum atomic E-state index is 2.69. The summed E-state index contributed by atoms with van der Waals surface area (Å²) < 4.78 is 2.62. The van der Waals surface area contributed by atoms with Crippen LogP contribution in [0.1, 0.15) is 26.3 Å². The quantitative estimate of drug-likeness (QED) is 0.165. The van der Waals surface area contributed by atoms with E-state index in [1.54, 1.807) is 0 Å². The summed E-state index contributed by atoms with van der Waals surface area (Å²) in [5, 5.41) is 7.60. The van der Waals surface area contributed by atoms with Crippen molar-refractivity contribution in [2.75, 3.05) is 4.81 Å². The van der Waals surface area contributed by atoms with Crippen LogP contribution in [0, 0.1) is 0 Å².